The number of benzene rings is 1. The highest BCUT2D eigenvalue weighted by atomic mass is 19.2. The number of ether oxygens (including phenoxy) is 1. The van der Waals surface area contributed by atoms with Gasteiger partial charge in [0.25, 0.3) is 0 Å². The molecule has 0 aliphatic heterocycles. The molecule has 0 aromatic heterocycles. The fourth-order valence-electron chi connectivity index (χ4n) is 2.20. The third-order valence-corrected chi connectivity index (χ3v) is 3.50. The Morgan fingerprint density at radius 2 is 2.06 bits per heavy atom. The highest BCUT2D eigenvalue weighted by Gasteiger charge is 2.41. The molecule has 0 spiro atoms. The molecule has 0 bridgehead atoms. The van der Waals surface area contributed by atoms with Gasteiger partial charge in [0, 0.05) is 20.2 Å². The van der Waals surface area contributed by atoms with Crippen molar-refractivity contribution in [3.05, 3.63) is 35.4 Å². The van der Waals surface area contributed by atoms with E-state index in [2.05, 4.69) is 5.32 Å². The summed E-state index contributed by atoms with van der Waals surface area (Å²) in [7, 11) is 1.68. The Morgan fingerprint density at radius 1 is 1.28 bits per heavy atom. The van der Waals surface area contributed by atoms with Crippen LogP contribution in [0.5, 0.6) is 0 Å². The number of hydrogen-bond acceptors (Lipinski definition) is 2. The maximum absolute atomic E-state index is 13.1. The molecule has 1 aliphatic carbocycles. The van der Waals surface area contributed by atoms with E-state index in [0.717, 1.165) is 37.9 Å². The largest absolute Gasteiger partial charge is 0.383 e. The van der Waals surface area contributed by atoms with Gasteiger partial charge >= 0.3 is 0 Å². The topological polar surface area (TPSA) is 21.3 Å². The molecule has 18 heavy (non-hydrogen) atoms. The van der Waals surface area contributed by atoms with Gasteiger partial charge in [-0.3, -0.25) is 0 Å². The van der Waals surface area contributed by atoms with Gasteiger partial charge in [-0.2, -0.15) is 0 Å². The van der Waals surface area contributed by atoms with Gasteiger partial charge in [0.2, 0.25) is 0 Å². The third-order valence-electron chi connectivity index (χ3n) is 3.50. The van der Waals surface area contributed by atoms with Crippen molar-refractivity contribution in [2.24, 2.45) is 5.41 Å². The van der Waals surface area contributed by atoms with Crippen LogP contribution in [0.25, 0.3) is 0 Å². The van der Waals surface area contributed by atoms with Crippen LogP contribution in [0.2, 0.25) is 0 Å². The normalized spacial score (nSPS) is 16.8. The average Bonchev–Trinajstić information content (AvgIpc) is 3.10. The first-order chi connectivity index (χ1) is 8.65. The molecular weight excluding hydrogens is 236 g/mol. The molecule has 1 fully saturated rings. The minimum absolute atomic E-state index is 0.234. The summed E-state index contributed by atoms with van der Waals surface area (Å²) < 4.78 is 30.9. The molecule has 1 aromatic rings. The van der Waals surface area contributed by atoms with E-state index >= 15 is 0 Å². The quantitative estimate of drug-likeness (QED) is 0.756. The summed E-state index contributed by atoms with van der Waals surface area (Å²) in [4.78, 5) is 0. The van der Waals surface area contributed by atoms with Crippen molar-refractivity contribution in [2.75, 3.05) is 26.8 Å². The first kappa shape index (κ1) is 13.4. The smallest absolute Gasteiger partial charge is 0.159 e. The summed E-state index contributed by atoms with van der Waals surface area (Å²) in [6, 6.07) is 4.19. The number of rotatable bonds is 7. The van der Waals surface area contributed by atoms with Gasteiger partial charge in [-0.25, -0.2) is 8.78 Å². The summed E-state index contributed by atoms with van der Waals surface area (Å²) in [6.07, 6.45) is 3.10. The van der Waals surface area contributed by atoms with Crippen LogP contribution >= 0.6 is 0 Å². The summed E-state index contributed by atoms with van der Waals surface area (Å²) in [5, 5.41) is 3.34. The van der Waals surface area contributed by atoms with Gasteiger partial charge in [-0.05, 0) is 42.4 Å². The highest BCUT2D eigenvalue weighted by molar-refractivity contribution is 5.21. The average molecular weight is 255 g/mol. The van der Waals surface area contributed by atoms with E-state index in [4.69, 9.17) is 4.74 Å². The fourth-order valence-corrected chi connectivity index (χ4v) is 2.20. The molecule has 2 nitrogen and oxygen atoms in total. The molecule has 4 heteroatoms. The molecule has 0 heterocycles. The molecular formula is C14H19F2NO. The van der Waals surface area contributed by atoms with Crippen LogP contribution < -0.4 is 5.32 Å². The maximum atomic E-state index is 13.1. The van der Waals surface area contributed by atoms with E-state index < -0.39 is 11.6 Å². The second-order valence-electron chi connectivity index (χ2n) is 5.09. The van der Waals surface area contributed by atoms with Gasteiger partial charge in [0.1, 0.15) is 0 Å². The molecule has 1 aromatic carbocycles. The molecule has 1 aliphatic rings. The fraction of sp³-hybridized carbons (Fsp3) is 0.571. The monoisotopic (exact) mass is 255 g/mol. The van der Waals surface area contributed by atoms with Gasteiger partial charge in [-0.15, -0.1) is 0 Å². The van der Waals surface area contributed by atoms with Crippen molar-refractivity contribution in [2.45, 2.75) is 19.3 Å². The Hall–Kier alpha value is -1.00. The summed E-state index contributed by atoms with van der Waals surface area (Å²) >= 11 is 0. The summed E-state index contributed by atoms with van der Waals surface area (Å²) in [6.45, 7) is 2.44. The lowest BCUT2D eigenvalue weighted by atomic mass is 9.96. The lowest BCUT2D eigenvalue weighted by molar-refractivity contribution is 0.197. The van der Waals surface area contributed by atoms with E-state index in [1.54, 1.807) is 13.2 Å². The molecule has 0 amide bonds. The van der Waals surface area contributed by atoms with Crippen LogP contribution in [0.1, 0.15) is 18.4 Å². The van der Waals surface area contributed by atoms with E-state index in [9.17, 15) is 8.78 Å². The Labute approximate surface area is 106 Å². The van der Waals surface area contributed by atoms with Crippen LogP contribution in [0.3, 0.4) is 0 Å². The maximum Gasteiger partial charge on any atom is 0.159 e. The van der Waals surface area contributed by atoms with Crippen molar-refractivity contribution in [1.82, 2.24) is 5.32 Å². The molecule has 2 rings (SSSR count). The molecule has 0 atom stereocenters. The zero-order valence-electron chi connectivity index (χ0n) is 10.6. The van der Waals surface area contributed by atoms with Crippen molar-refractivity contribution >= 4 is 0 Å². The molecule has 0 unspecified atom stereocenters. The van der Waals surface area contributed by atoms with Crippen molar-refractivity contribution < 1.29 is 13.5 Å². The van der Waals surface area contributed by atoms with Crippen molar-refractivity contribution in [3.8, 4) is 0 Å². The first-order valence-electron chi connectivity index (χ1n) is 6.29. The second kappa shape index (κ2) is 5.76. The Morgan fingerprint density at radius 3 is 2.67 bits per heavy atom. The molecule has 0 radical (unpaired) electrons. The van der Waals surface area contributed by atoms with Crippen molar-refractivity contribution in [3.63, 3.8) is 0 Å². The van der Waals surface area contributed by atoms with E-state index in [0.29, 0.717) is 6.61 Å². The number of methoxy groups -OCH3 is 1. The first-order valence-corrected chi connectivity index (χ1v) is 6.29. The molecule has 1 saturated carbocycles. The minimum atomic E-state index is -0.776. The Bertz CT molecular complexity index is 405. The van der Waals surface area contributed by atoms with Crippen LogP contribution in [-0.4, -0.2) is 26.8 Å². The Kier molecular flexibility index (Phi) is 4.30. The van der Waals surface area contributed by atoms with Crippen LogP contribution in [-0.2, 0) is 11.2 Å². The highest BCUT2D eigenvalue weighted by Crippen LogP contribution is 2.47. The van der Waals surface area contributed by atoms with Gasteiger partial charge in [-0.1, -0.05) is 6.07 Å². The molecule has 1 N–H and O–H groups in total. The van der Waals surface area contributed by atoms with Gasteiger partial charge in [0.15, 0.2) is 11.6 Å². The third kappa shape index (κ3) is 3.50. The van der Waals surface area contributed by atoms with Crippen LogP contribution in [0.4, 0.5) is 8.78 Å². The zero-order valence-corrected chi connectivity index (χ0v) is 10.6. The second-order valence-corrected chi connectivity index (χ2v) is 5.09. The zero-order chi connectivity index (χ0) is 13.0. The van der Waals surface area contributed by atoms with Gasteiger partial charge < -0.3 is 10.1 Å². The predicted molar refractivity (Wildman–Crippen MR) is 66.5 cm³/mol. The van der Waals surface area contributed by atoms with E-state index in [-0.39, 0.29) is 5.41 Å². The molecule has 100 valence electrons. The minimum Gasteiger partial charge on any atom is -0.383 e. The van der Waals surface area contributed by atoms with E-state index in [1.807, 2.05) is 0 Å². The number of halogens is 2. The predicted octanol–water partition coefficient (Wildman–Crippen LogP) is 2.52. The van der Waals surface area contributed by atoms with E-state index in [1.165, 1.54) is 12.1 Å². The standard InChI is InChI=1S/C14H19F2NO/c1-18-7-6-17-10-14(4-5-14)9-11-2-3-12(15)13(16)8-11/h2-3,8,17H,4-7,9-10H2,1H3. The van der Waals surface area contributed by atoms with Crippen LogP contribution in [0, 0.1) is 17.0 Å². The number of hydrogen-bond donors (Lipinski definition) is 1. The Balaban J connectivity index is 1.86. The molecule has 0 saturated heterocycles. The van der Waals surface area contributed by atoms with Gasteiger partial charge in [0.05, 0.1) is 6.61 Å². The van der Waals surface area contributed by atoms with Crippen LogP contribution in [0.15, 0.2) is 18.2 Å². The number of nitrogens with one attached hydrogen (secondary N) is 1. The lowest BCUT2D eigenvalue weighted by Crippen LogP contribution is -2.28. The summed E-state index contributed by atoms with van der Waals surface area (Å²) in [5.41, 5.74) is 1.11. The SMILES string of the molecule is COCCNCC1(Cc2ccc(F)c(F)c2)CC1. The summed E-state index contributed by atoms with van der Waals surface area (Å²) in [5.74, 6) is -1.53. The lowest BCUT2D eigenvalue weighted by Gasteiger charge is -2.16. The van der Waals surface area contributed by atoms with Crippen molar-refractivity contribution in [1.29, 1.82) is 0 Å².